The molecule has 1 unspecified atom stereocenters. The zero-order valence-electron chi connectivity index (χ0n) is 14.3. The van der Waals surface area contributed by atoms with Gasteiger partial charge in [0.1, 0.15) is 0 Å². The van der Waals surface area contributed by atoms with Crippen LogP contribution in [0.3, 0.4) is 0 Å². The molecular weight excluding hydrogens is 368 g/mol. The van der Waals surface area contributed by atoms with Gasteiger partial charge in [-0.3, -0.25) is 0 Å². The van der Waals surface area contributed by atoms with Gasteiger partial charge in [-0.2, -0.15) is 0 Å². The van der Waals surface area contributed by atoms with Crippen molar-refractivity contribution in [1.82, 2.24) is 0 Å². The van der Waals surface area contributed by atoms with E-state index >= 15 is 0 Å². The molecular formula is C19H21ClF3OP. The molecule has 136 valence electrons. The molecule has 1 atom stereocenters. The summed E-state index contributed by atoms with van der Waals surface area (Å²) in [7, 11) is 0. The summed E-state index contributed by atoms with van der Waals surface area (Å²) in [5, 5.41) is 0.0244. The van der Waals surface area contributed by atoms with Crippen molar-refractivity contribution in [3.05, 3.63) is 66.2 Å². The molecule has 1 heterocycles. The number of hydrogen-bond acceptors (Lipinski definition) is 1. The molecule has 0 saturated carbocycles. The Morgan fingerprint density at radius 1 is 0.920 bits per heavy atom. The van der Waals surface area contributed by atoms with Gasteiger partial charge in [0.05, 0.1) is 0 Å². The fraction of sp³-hybridized carbons (Fsp3) is 0.368. The standard InChI is InChI=1S/C19H21ClF3OP/c1-17(2,3)25(20,16-12-8-5-9-13-16)14-18(24-25,19(21,22)23)15-10-6-4-7-11-15/h4-13H,14H2,1-3H3. The van der Waals surface area contributed by atoms with E-state index in [1.165, 1.54) is 12.1 Å². The van der Waals surface area contributed by atoms with Crippen LogP contribution in [0.2, 0.25) is 0 Å². The molecule has 1 fully saturated rings. The molecule has 1 nitrogen and oxygen atoms in total. The summed E-state index contributed by atoms with van der Waals surface area (Å²) in [6.07, 6.45) is -8.61. The second-order valence-corrected chi connectivity index (χ2v) is 14.2. The van der Waals surface area contributed by atoms with Crippen LogP contribution in [0.15, 0.2) is 60.7 Å². The maximum absolute atomic E-state index is 14.1. The summed E-state index contributed by atoms with van der Waals surface area (Å²) in [5.74, 6) is 0. The Morgan fingerprint density at radius 2 is 1.36 bits per heavy atom. The van der Waals surface area contributed by atoms with Crippen molar-refractivity contribution in [3.8, 4) is 0 Å². The number of rotatable bonds is 2. The van der Waals surface area contributed by atoms with Gasteiger partial charge in [-0.25, -0.2) is 0 Å². The van der Waals surface area contributed by atoms with Gasteiger partial charge in [0.2, 0.25) is 0 Å². The third-order valence-electron chi connectivity index (χ3n) is 5.16. The molecule has 2 aromatic rings. The summed E-state index contributed by atoms with van der Waals surface area (Å²) >= 11 is 7.12. The van der Waals surface area contributed by atoms with Gasteiger partial charge in [-0.1, -0.05) is 0 Å². The Bertz CT molecular complexity index is 763. The Kier molecular flexibility index (Phi) is 4.08. The third-order valence-corrected chi connectivity index (χ3v) is 13.5. The van der Waals surface area contributed by atoms with Gasteiger partial charge < -0.3 is 0 Å². The van der Waals surface area contributed by atoms with E-state index in [4.69, 9.17) is 15.8 Å². The first-order valence-electron chi connectivity index (χ1n) is 8.06. The van der Waals surface area contributed by atoms with Gasteiger partial charge in [-0.15, -0.1) is 0 Å². The predicted octanol–water partition coefficient (Wildman–Crippen LogP) is 6.22. The minimum absolute atomic E-state index is 0.101. The van der Waals surface area contributed by atoms with Crippen molar-refractivity contribution in [2.45, 2.75) is 37.7 Å². The van der Waals surface area contributed by atoms with Crippen LogP contribution >= 0.6 is 17.4 Å². The van der Waals surface area contributed by atoms with Crippen LogP contribution in [0.25, 0.3) is 0 Å². The Morgan fingerprint density at radius 3 is 1.76 bits per heavy atom. The van der Waals surface area contributed by atoms with Crippen LogP contribution in [0.1, 0.15) is 26.3 Å². The fourth-order valence-electron chi connectivity index (χ4n) is 3.50. The summed E-state index contributed by atoms with van der Waals surface area (Å²) in [4.78, 5) is 0. The molecule has 0 spiro atoms. The molecule has 0 radical (unpaired) electrons. The average Bonchev–Trinajstić information content (AvgIpc) is 2.51. The molecule has 25 heavy (non-hydrogen) atoms. The number of alkyl halides is 3. The van der Waals surface area contributed by atoms with E-state index < -0.39 is 23.1 Å². The molecule has 0 aromatic heterocycles. The molecule has 2 aromatic carbocycles. The predicted molar refractivity (Wildman–Crippen MR) is 98.7 cm³/mol. The van der Waals surface area contributed by atoms with Crippen LogP contribution in [-0.4, -0.2) is 17.5 Å². The Hall–Kier alpha value is -1.09. The summed E-state index contributed by atoms with van der Waals surface area (Å²) < 4.78 is 48.3. The van der Waals surface area contributed by atoms with Crippen LogP contribution in [0.4, 0.5) is 13.2 Å². The molecule has 1 saturated heterocycles. The normalized spacial score (nSPS) is 26.9. The topological polar surface area (TPSA) is 9.23 Å². The summed E-state index contributed by atoms with van der Waals surface area (Å²) in [6.45, 7) is 5.57. The second-order valence-electron chi connectivity index (χ2n) is 7.54. The van der Waals surface area contributed by atoms with E-state index in [2.05, 4.69) is 0 Å². The number of hydrogen-bond donors (Lipinski definition) is 0. The van der Waals surface area contributed by atoms with Gasteiger partial charge in [0.15, 0.2) is 0 Å². The van der Waals surface area contributed by atoms with Gasteiger partial charge >= 0.3 is 151 Å². The first-order chi connectivity index (χ1) is 11.4. The molecule has 0 N–H and O–H groups in total. The van der Waals surface area contributed by atoms with E-state index in [-0.39, 0.29) is 11.7 Å². The molecule has 1 aliphatic heterocycles. The zero-order valence-corrected chi connectivity index (χ0v) is 16.0. The Balaban J connectivity index is 2.19. The van der Waals surface area contributed by atoms with Gasteiger partial charge in [0.25, 0.3) is 0 Å². The van der Waals surface area contributed by atoms with Gasteiger partial charge in [-0.05, 0) is 0 Å². The summed E-state index contributed by atoms with van der Waals surface area (Å²) in [6, 6.07) is 16.7. The third kappa shape index (κ3) is 2.45. The molecule has 0 amide bonds. The van der Waals surface area contributed by atoms with Crippen molar-refractivity contribution < 1.29 is 17.7 Å². The Labute approximate surface area is 150 Å². The van der Waals surface area contributed by atoms with E-state index in [9.17, 15) is 13.2 Å². The van der Waals surface area contributed by atoms with Crippen molar-refractivity contribution in [2.24, 2.45) is 0 Å². The second kappa shape index (κ2) is 5.45. The van der Waals surface area contributed by atoms with Gasteiger partial charge in [0, 0.05) is 0 Å². The van der Waals surface area contributed by atoms with Crippen LogP contribution in [0.5, 0.6) is 0 Å². The van der Waals surface area contributed by atoms with E-state index in [1.54, 1.807) is 42.5 Å². The van der Waals surface area contributed by atoms with Crippen LogP contribution in [0, 0.1) is 0 Å². The number of benzene rings is 2. The summed E-state index contributed by atoms with van der Waals surface area (Å²) in [5.41, 5.74) is -2.26. The molecule has 0 aliphatic carbocycles. The fourth-order valence-corrected chi connectivity index (χ4v) is 9.28. The van der Waals surface area contributed by atoms with E-state index in [0.29, 0.717) is 5.30 Å². The molecule has 3 rings (SSSR count). The monoisotopic (exact) mass is 388 g/mol. The quantitative estimate of drug-likeness (QED) is 0.555. The van der Waals surface area contributed by atoms with Crippen LogP contribution < -0.4 is 5.30 Å². The first-order valence-corrected chi connectivity index (χ1v) is 11.3. The molecule has 6 heteroatoms. The number of halogens is 4. The SMILES string of the molecule is CC(C)(C)P1(Cl)(c2ccccc2)CC(c2ccccc2)(C(F)(F)F)O1. The first kappa shape index (κ1) is 18.7. The van der Waals surface area contributed by atoms with Crippen molar-refractivity contribution in [3.63, 3.8) is 0 Å². The molecule has 0 bridgehead atoms. The average molecular weight is 389 g/mol. The van der Waals surface area contributed by atoms with E-state index in [1.807, 2.05) is 26.8 Å². The van der Waals surface area contributed by atoms with Crippen LogP contribution in [-0.2, 0) is 10.1 Å². The minimum atomic E-state index is -4.55. The zero-order chi connectivity index (χ0) is 18.6. The van der Waals surface area contributed by atoms with Crippen molar-refractivity contribution in [2.75, 3.05) is 6.16 Å². The molecule has 1 aliphatic rings. The van der Waals surface area contributed by atoms with Crippen molar-refractivity contribution in [1.29, 1.82) is 0 Å². The maximum atomic E-state index is 14.1. The van der Waals surface area contributed by atoms with Crippen molar-refractivity contribution >= 4 is 22.7 Å². The van der Waals surface area contributed by atoms with E-state index in [0.717, 1.165) is 0 Å².